The summed E-state index contributed by atoms with van der Waals surface area (Å²) in [4.78, 5) is 0. The highest BCUT2D eigenvalue weighted by atomic mass is 19.1. The number of nitrogens with two attached hydrogens (primary N) is 1. The van der Waals surface area contributed by atoms with E-state index in [1.807, 2.05) is 30.3 Å². The molecule has 2 aromatic carbocycles. The van der Waals surface area contributed by atoms with Gasteiger partial charge in [-0.1, -0.05) is 30.3 Å². The van der Waals surface area contributed by atoms with Crippen LogP contribution < -0.4 is 10.5 Å². The zero-order valence-corrected chi connectivity index (χ0v) is 9.64. The van der Waals surface area contributed by atoms with Gasteiger partial charge in [-0.05, 0) is 17.7 Å². The van der Waals surface area contributed by atoms with Crippen molar-refractivity contribution < 1.29 is 13.5 Å². The molecule has 0 bridgehead atoms. The van der Waals surface area contributed by atoms with Crippen LogP contribution in [0.3, 0.4) is 0 Å². The van der Waals surface area contributed by atoms with Crippen molar-refractivity contribution in [3.63, 3.8) is 0 Å². The van der Waals surface area contributed by atoms with Crippen LogP contribution in [0.2, 0.25) is 0 Å². The Labute approximate surface area is 104 Å². The molecule has 0 saturated carbocycles. The number of benzene rings is 2. The van der Waals surface area contributed by atoms with Gasteiger partial charge in [0, 0.05) is 12.6 Å². The predicted octanol–water partition coefficient (Wildman–Crippen LogP) is 3.04. The molecule has 4 heteroatoms. The third-order valence-electron chi connectivity index (χ3n) is 2.55. The highest BCUT2D eigenvalue weighted by Crippen LogP contribution is 2.24. The van der Waals surface area contributed by atoms with E-state index in [4.69, 9.17) is 10.5 Å². The van der Waals surface area contributed by atoms with Crippen LogP contribution in [0.1, 0.15) is 11.7 Å². The summed E-state index contributed by atoms with van der Waals surface area (Å²) in [6.07, 6.45) is -0.453. The predicted molar refractivity (Wildman–Crippen MR) is 65.2 cm³/mol. The van der Waals surface area contributed by atoms with Crippen LogP contribution in [-0.2, 0) is 0 Å². The molecular formula is C14H13F2NO. The Morgan fingerprint density at radius 1 is 1.06 bits per heavy atom. The fourth-order valence-electron chi connectivity index (χ4n) is 1.64. The summed E-state index contributed by atoms with van der Waals surface area (Å²) in [7, 11) is 0. The Morgan fingerprint density at radius 3 is 2.39 bits per heavy atom. The van der Waals surface area contributed by atoms with Crippen molar-refractivity contribution >= 4 is 0 Å². The van der Waals surface area contributed by atoms with Gasteiger partial charge >= 0.3 is 0 Å². The third-order valence-corrected chi connectivity index (χ3v) is 2.55. The summed E-state index contributed by atoms with van der Waals surface area (Å²) >= 11 is 0. The van der Waals surface area contributed by atoms with E-state index in [1.165, 1.54) is 6.07 Å². The molecule has 1 unspecified atom stereocenters. The molecule has 0 aromatic heterocycles. The van der Waals surface area contributed by atoms with E-state index in [9.17, 15) is 8.78 Å². The van der Waals surface area contributed by atoms with Crippen molar-refractivity contribution in [2.45, 2.75) is 6.10 Å². The summed E-state index contributed by atoms with van der Waals surface area (Å²) in [5, 5.41) is 0. The van der Waals surface area contributed by atoms with E-state index in [2.05, 4.69) is 0 Å². The Morgan fingerprint density at radius 2 is 1.78 bits per heavy atom. The van der Waals surface area contributed by atoms with Gasteiger partial charge in [-0.15, -0.1) is 0 Å². The van der Waals surface area contributed by atoms with Crippen molar-refractivity contribution in [3.8, 4) is 5.75 Å². The minimum atomic E-state index is -0.732. The smallest absolute Gasteiger partial charge is 0.168 e. The summed E-state index contributed by atoms with van der Waals surface area (Å²) in [6.45, 7) is 0.209. The summed E-state index contributed by atoms with van der Waals surface area (Å²) in [5.41, 5.74) is 6.46. The maximum atomic E-state index is 13.5. The molecule has 0 radical (unpaired) electrons. The first-order valence-electron chi connectivity index (χ1n) is 5.57. The zero-order valence-electron chi connectivity index (χ0n) is 9.64. The van der Waals surface area contributed by atoms with Gasteiger partial charge in [0.2, 0.25) is 0 Å². The van der Waals surface area contributed by atoms with E-state index >= 15 is 0 Å². The molecule has 0 heterocycles. The Balaban J connectivity index is 2.21. The molecule has 0 aliphatic rings. The first-order valence-corrected chi connectivity index (χ1v) is 5.57. The molecule has 2 aromatic rings. The second kappa shape index (κ2) is 5.60. The maximum Gasteiger partial charge on any atom is 0.168 e. The van der Waals surface area contributed by atoms with Crippen LogP contribution in [0.4, 0.5) is 8.78 Å². The van der Waals surface area contributed by atoms with Crippen LogP contribution in [0.5, 0.6) is 5.75 Å². The molecule has 94 valence electrons. The summed E-state index contributed by atoms with van der Waals surface area (Å²) in [5.74, 6) is -1.37. The Kier molecular flexibility index (Phi) is 3.89. The quantitative estimate of drug-likeness (QED) is 0.903. The molecule has 0 aliphatic carbocycles. The van der Waals surface area contributed by atoms with Crippen LogP contribution >= 0.6 is 0 Å². The number of ether oxygens (including phenoxy) is 1. The largest absolute Gasteiger partial charge is 0.481 e. The van der Waals surface area contributed by atoms with Crippen molar-refractivity contribution in [1.29, 1.82) is 0 Å². The van der Waals surface area contributed by atoms with Crippen LogP contribution in [-0.4, -0.2) is 6.54 Å². The van der Waals surface area contributed by atoms with E-state index < -0.39 is 17.7 Å². The fourth-order valence-corrected chi connectivity index (χ4v) is 1.64. The van der Waals surface area contributed by atoms with Gasteiger partial charge in [0.15, 0.2) is 11.6 Å². The normalized spacial score (nSPS) is 12.2. The van der Waals surface area contributed by atoms with Crippen LogP contribution in [0.15, 0.2) is 48.5 Å². The first kappa shape index (κ1) is 12.5. The lowest BCUT2D eigenvalue weighted by Gasteiger charge is -2.18. The Hall–Kier alpha value is -1.94. The van der Waals surface area contributed by atoms with E-state index in [0.29, 0.717) is 0 Å². The van der Waals surface area contributed by atoms with Gasteiger partial charge in [0.05, 0.1) is 0 Å². The number of rotatable bonds is 4. The number of halogens is 2. The topological polar surface area (TPSA) is 35.2 Å². The molecule has 0 aliphatic heterocycles. The van der Waals surface area contributed by atoms with Gasteiger partial charge < -0.3 is 10.5 Å². The van der Waals surface area contributed by atoms with Crippen LogP contribution in [0, 0.1) is 11.6 Å². The van der Waals surface area contributed by atoms with Crippen molar-refractivity contribution in [2.24, 2.45) is 5.73 Å². The molecule has 0 saturated heterocycles. The van der Waals surface area contributed by atoms with Crippen molar-refractivity contribution in [3.05, 3.63) is 65.7 Å². The Bertz CT molecular complexity index is 516. The maximum absolute atomic E-state index is 13.5. The molecule has 2 nitrogen and oxygen atoms in total. The SMILES string of the molecule is NCC(Oc1ccc(F)cc1F)c1ccccc1. The van der Waals surface area contributed by atoms with Gasteiger partial charge in [-0.3, -0.25) is 0 Å². The van der Waals surface area contributed by atoms with Gasteiger partial charge in [0.1, 0.15) is 11.9 Å². The van der Waals surface area contributed by atoms with E-state index in [1.54, 1.807) is 0 Å². The van der Waals surface area contributed by atoms with E-state index in [0.717, 1.165) is 17.7 Å². The molecular weight excluding hydrogens is 236 g/mol. The molecule has 0 spiro atoms. The fraction of sp³-hybridized carbons (Fsp3) is 0.143. The minimum Gasteiger partial charge on any atom is -0.481 e. The van der Waals surface area contributed by atoms with Gasteiger partial charge in [-0.25, -0.2) is 8.78 Å². The average Bonchev–Trinajstić information content (AvgIpc) is 2.39. The number of hydrogen-bond donors (Lipinski definition) is 1. The van der Waals surface area contributed by atoms with E-state index in [-0.39, 0.29) is 12.3 Å². The van der Waals surface area contributed by atoms with Crippen molar-refractivity contribution in [2.75, 3.05) is 6.54 Å². The highest BCUT2D eigenvalue weighted by Gasteiger charge is 2.14. The zero-order chi connectivity index (χ0) is 13.0. The molecule has 0 fully saturated rings. The lowest BCUT2D eigenvalue weighted by atomic mass is 10.1. The average molecular weight is 249 g/mol. The second-order valence-corrected chi connectivity index (χ2v) is 3.83. The van der Waals surface area contributed by atoms with Crippen LogP contribution in [0.25, 0.3) is 0 Å². The third kappa shape index (κ3) is 2.84. The standard InChI is InChI=1S/C14H13F2NO/c15-11-6-7-13(12(16)8-11)18-14(9-17)10-4-2-1-3-5-10/h1-8,14H,9,17H2. The minimum absolute atomic E-state index is 0.00398. The van der Waals surface area contributed by atoms with Gasteiger partial charge in [-0.2, -0.15) is 0 Å². The lowest BCUT2D eigenvalue weighted by Crippen LogP contribution is -2.18. The van der Waals surface area contributed by atoms with Gasteiger partial charge in [0.25, 0.3) is 0 Å². The molecule has 18 heavy (non-hydrogen) atoms. The summed E-state index contributed by atoms with van der Waals surface area (Å²) < 4.78 is 31.7. The highest BCUT2D eigenvalue weighted by molar-refractivity contribution is 5.27. The summed E-state index contributed by atoms with van der Waals surface area (Å²) in [6, 6.07) is 12.5. The molecule has 0 amide bonds. The monoisotopic (exact) mass is 249 g/mol. The molecule has 2 N–H and O–H groups in total. The number of hydrogen-bond acceptors (Lipinski definition) is 2. The molecule has 1 atom stereocenters. The van der Waals surface area contributed by atoms with Crippen molar-refractivity contribution in [1.82, 2.24) is 0 Å². The first-order chi connectivity index (χ1) is 8.70. The molecule has 2 rings (SSSR count). The lowest BCUT2D eigenvalue weighted by molar-refractivity contribution is 0.204. The second-order valence-electron chi connectivity index (χ2n) is 3.83.